The van der Waals surface area contributed by atoms with E-state index in [1.165, 1.54) is 0 Å². The van der Waals surface area contributed by atoms with Gasteiger partial charge in [0, 0.05) is 12.1 Å². The number of carbonyl (C=O) groups excluding carboxylic acids is 2. The first-order chi connectivity index (χ1) is 8.59. The van der Waals surface area contributed by atoms with Gasteiger partial charge in [-0.25, -0.2) is 0 Å². The van der Waals surface area contributed by atoms with E-state index in [1.807, 2.05) is 42.2 Å². The number of Topliss-reactive ketones (excluding diaryl/α,β-unsaturated/α-hetero) is 1. The monoisotopic (exact) mass is 246 g/mol. The van der Waals surface area contributed by atoms with Gasteiger partial charge in [-0.1, -0.05) is 30.3 Å². The Morgan fingerprint density at radius 3 is 2.56 bits per heavy atom. The summed E-state index contributed by atoms with van der Waals surface area (Å²) >= 11 is 0. The number of nitrogens with two attached hydrogens (primary N) is 1. The molecule has 1 heterocycles. The lowest BCUT2D eigenvalue weighted by Crippen LogP contribution is -2.38. The highest BCUT2D eigenvalue weighted by molar-refractivity contribution is 5.99. The fraction of sp³-hybridized carbons (Fsp3) is 0.429. The fourth-order valence-electron chi connectivity index (χ4n) is 2.38. The molecule has 4 heteroatoms. The molecule has 0 aromatic heterocycles. The Morgan fingerprint density at radius 2 is 2.00 bits per heavy atom. The summed E-state index contributed by atoms with van der Waals surface area (Å²) in [5.74, 6) is -0.284. The molecule has 0 bridgehead atoms. The third kappa shape index (κ3) is 2.59. The zero-order valence-corrected chi connectivity index (χ0v) is 10.5. The molecule has 0 saturated carbocycles. The Balaban J connectivity index is 2.02. The molecule has 0 aliphatic carbocycles. The van der Waals surface area contributed by atoms with Crippen molar-refractivity contribution in [2.24, 2.45) is 11.7 Å². The smallest absolute Gasteiger partial charge is 0.221 e. The first-order valence-electron chi connectivity index (χ1n) is 6.22. The number of ketones is 1. The van der Waals surface area contributed by atoms with Crippen LogP contribution in [0.1, 0.15) is 23.7 Å². The van der Waals surface area contributed by atoms with Crippen molar-refractivity contribution in [3.63, 3.8) is 0 Å². The van der Waals surface area contributed by atoms with E-state index in [9.17, 15) is 9.59 Å². The van der Waals surface area contributed by atoms with E-state index in [-0.39, 0.29) is 23.7 Å². The van der Waals surface area contributed by atoms with Gasteiger partial charge in [-0.3, -0.25) is 14.5 Å². The number of amides is 1. The molecule has 1 amide bonds. The van der Waals surface area contributed by atoms with Gasteiger partial charge < -0.3 is 5.73 Å². The average Bonchev–Trinajstić information content (AvgIpc) is 2.88. The van der Waals surface area contributed by atoms with Gasteiger partial charge in [0.05, 0.1) is 12.0 Å². The zero-order valence-electron chi connectivity index (χ0n) is 10.5. The first-order valence-corrected chi connectivity index (χ1v) is 6.22. The van der Waals surface area contributed by atoms with Gasteiger partial charge in [-0.2, -0.15) is 0 Å². The summed E-state index contributed by atoms with van der Waals surface area (Å²) < 4.78 is 0. The van der Waals surface area contributed by atoms with Crippen molar-refractivity contribution in [1.82, 2.24) is 4.90 Å². The minimum Gasteiger partial charge on any atom is -0.369 e. The van der Waals surface area contributed by atoms with Crippen molar-refractivity contribution >= 4 is 11.7 Å². The van der Waals surface area contributed by atoms with Crippen LogP contribution in [0.25, 0.3) is 0 Å². The third-order valence-electron chi connectivity index (χ3n) is 3.61. The normalized spacial score (nSPS) is 21.7. The van der Waals surface area contributed by atoms with E-state index in [2.05, 4.69) is 0 Å². The lowest BCUT2D eigenvalue weighted by Gasteiger charge is -2.22. The van der Waals surface area contributed by atoms with Crippen molar-refractivity contribution in [1.29, 1.82) is 0 Å². The number of hydrogen-bond donors (Lipinski definition) is 1. The Kier molecular flexibility index (Phi) is 3.77. The maximum atomic E-state index is 12.3. The van der Waals surface area contributed by atoms with Crippen LogP contribution in [0.4, 0.5) is 0 Å². The highest BCUT2D eigenvalue weighted by Crippen LogP contribution is 2.20. The molecule has 18 heavy (non-hydrogen) atoms. The van der Waals surface area contributed by atoms with Crippen LogP contribution in [0.5, 0.6) is 0 Å². The second kappa shape index (κ2) is 5.31. The number of likely N-dealkylation sites (tertiary alicyclic amines) is 1. The molecule has 1 fully saturated rings. The van der Waals surface area contributed by atoms with Crippen LogP contribution in [0.2, 0.25) is 0 Å². The lowest BCUT2D eigenvalue weighted by molar-refractivity contribution is -0.121. The Morgan fingerprint density at radius 1 is 1.33 bits per heavy atom. The van der Waals surface area contributed by atoms with Crippen molar-refractivity contribution < 1.29 is 9.59 Å². The lowest BCUT2D eigenvalue weighted by atomic mass is 10.0. The highest BCUT2D eigenvalue weighted by atomic mass is 16.1. The zero-order chi connectivity index (χ0) is 13.1. The molecule has 96 valence electrons. The molecule has 2 N–H and O–H groups in total. The number of nitrogens with zero attached hydrogens (tertiary/aromatic N) is 1. The summed E-state index contributed by atoms with van der Waals surface area (Å²) in [5.41, 5.74) is 6.01. The van der Waals surface area contributed by atoms with Crippen LogP contribution < -0.4 is 5.73 Å². The fourth-order valence-corrected chi connectivity index (χ4v) is 2.38. The van der Waals surface area contributed by atoms with E-state index in [0.29, 0.717) is 12.1 Å². The molecule has 2 unspecified atom stereocenters. The third-order valence-corrected chi connectivity index (χ3v) is 3.61. The summed E-state index contributed by atoms with van der Waals surface area (Å²) in [6.45, 7) is 3.24. The summed E-state index contributed by atoms with van der Waals surface area (Å²) in [5, 5.41) is 0. The second-order valence-corrected chi connectivity index (χ2v) is 4.79. The standard InChI is InChI=1S/C14H18N2O2/c1-10(13(17)11-5-3-2-4-6-11)16-8-7-12(9-16)14(15)18/h2-6,10,12H,7-9H2,1H3,(H2,15,18). The van der Waals surface area contributed by atoms with E-state index in [1.54, 1.807) is 0 Å². The topological polar surface area (TPSA) is 63.4 Å². The second-order valence-electron chi connectivity index (χ2n) is 4.79. The number of rotatable bonds is 4. The molecule has 0 spiro atoms. The SMILES string of the molecule is CC(C(=O)c1ccccc1)N1CCC(C(N)=O)C1. The summed E-state index contributed by atoms with van der Waals surface area (Å²) in [7, 11) is 0. The largest absolute Gasteiger partial charge is 0.369 e. The van der Waals surface area contributed by atoms with Crippen LogP contribution in [0.3, 0.4) is 0 Å². The molecule has 2 atom stereocenters. The molecular formula is C14H18N2O2. The molecule has 0 radical (unpaired) electrons. The number of benzene rings is 1. The molecule has 1 aromatic rings. The van der Waals surface area contributed by atoms with Gasteiger partial charge in [-0.15, -0.1) is 0 Å². The van der Waals surface area contributed by atoms with Crippen molar-refractivity contribution in [2.45, 2.75) is 19.4 Å². The van der Waals surface area contributed by atoms with Crippen molar-refractivity contribution in [3.05, 3.63) is 35.9 Å². The molecule has 1 aliphatic rings. The predicted molar refractivity (Wildman–Crippen MR) is 69.1 cm³/mol. The molecule has 2 rings (SSSR count). The van der Waals surface area contributed by atoms with Crippen molar-refractivity contribution in [3.8, 4) is 0 Å². The van der Waals surface area contributed by atoms with Crippen LogP contribution in [0, 0.1) is 5.92 Å². The highest BCUT2D eigenvalue weighted by Gasteiger charge is 2.32. The van der Waals surface area contributed by atoms with Crippen LogP contribution >= 0.6 is 0 Å². The van der Waals surface area contributed by atoms with Gasteiger partial charge in [0.2, 0.25) is 5.91 Å². The van der Waals surface area contributed by atoms with Crippen molar-refractivity contribution in [2.75, 3.05) is 13.1 Å². The quantitative estimate of drug-likeness (QED) is 0.808. The van der Waals surface area contributed by atoms with Crippen LogP contribution in [-0.4, -0.2) is 35.7 Å². The van der Waals surface area contributed by atoms with Crippen LogP contribution in [0.15, 0.2) is 30.3 Å². The molecule has 1 aromatic carbocycles. The number of hydrogen-bond acceptors (Lipinski definition) is 3. The van der Waals surface area contributed by atoms with Gasteiger partial charge in [-0.05, 0) is 19.9 Å². The summed E-state index contributed by atoms with van der Waals surface area (Å²) in [4.78, 5) is 25.4. The Labute approximate surface area is 107 Å². The van der Waals surface area contributed by atoms with E-state index >= 15 is 0 Å². The summed E-state index contributed by atoms with van der Waals surface area (Å²) in [6, 6.07) is 9.05. The van der Waals surface area contributed by atoms with E-state index in [4.69, 9.17) is 5.73 Å². The van der Waals surface area contributed by atoms with E-state index < -0.39 is 0 Å². The Hall–Kier alpha value is -1.68. The molecule has 1 aliphatic heterocycles. The van der Waals surface area contributed by atoms with Gasteiger partial charge >= 0.3 is 0 Å². The van der Waals surface area contributed by atoms with E-state index in [0.717, 1.165) is 13.0 Å². The van der Waals surface area contributed by atoms with Crippen LogP contribution in [-0.2, 0) is 4.79 Å². The molecule has 1 saturated heterocycles. The average molecular weight is 246 g/mol. The molecular weight excluding hydrogens is 228 g/mol. The minimum absolute atomic E-state index is 0.0979. The first kappa shape index (κ1) is 12.8. The molecule has 4 nitrogen and oxygen atoms in total. The summed E-state index contributed by atoms with van der Waals surface area (Å²) in [6.07, 6.45) is 0.752. The number of carbonyl (C=O) groups is 2. The van der Waals surface area contributed by atoms with Gasteiger partial charge in [0.1, 0.15) is 0 Å². The maximum absolute atomic E-state index is 12.3. The Bertz CT molecular complexity index is 444. The van der Waals surface area contributed by atoms with Gasteiger partial charge in [0.25, 0.3) is 0 Å². The number of primary amides is 1. The maximum Gasteiger partial charge on any atom is 0.221 e. The minimum atomic E-state index is -0.267. The van der Waals surface area contributed by atoms with Gasteiger partial charge in [0.15, 0.2) is 5.78 Å². The predicted octanol–water partition coefficient (Wildman–Crippen LogP) is 1.06.